The summed E-state index contributed by atoms with van der Waals surface area (Å²) in [6, 6.07) is 12.3. The highest BCUT2D eigenvalue weighted by molar-refractivity contribution is 7.99. The minimum absolute atomic E-state index is 0.0396. The molecule has 0 amide bonds. The molecule has 3 aromatic rings. The first-order valence-electron chi connectivity index (χ1n) is 9.87. The van der Waals surface area contributed by atoms with E-state index in [1.165, 1.54) is 24.9 Å². The first kappa shape index (κ1) is 22.5. The Balaban J connectivity index is 2.05. The van der Waals surface area contributed by atoms with E-state index in [-0.39, 0.29) is 24.0 Å². The number of hydrogen-bond donors (Lipinski definition) is 0. The van der Waals surface area contributed by atoms with Gasteiger partial charge in [0.15, 0.2) is 0 Å². The lowest BCUT2D eigenvalue weighted by molar-refractivity contribution is -0.385. The van der Waals surface area contributed by atoms with Gasteiger partial charge in [-0.05, 0) is 24.1 Å². The fraction of sp³-hybridized carbons (Fsp3) is 0.318. The van der Waals surface area contributed by atoms with Crippen LogP contribution in [0.25, 0.3) is 0 Å². The zero-order valence-corrected chi connectivity index (χ0v) is 18.5. The van der Waals surface area contributed by atoms with Crippen molar-refractivity contribution in [1.82, 2.24) is 14.5 Å². The van der Waals surface area contributed by atoms with Crippen LogP contribution in [0.2, 0.25) is 0 Å². The van der Waals surface area contributed by atoms with Crippen LogP contribution in [0, 0.1) is 10.1 Å². The van der Waals surface area contributed by atoms with E-state index in [1.807, 2.05) is 28.8 Å². The molecular weight excluding hydrogens is 416 g/mol. The number of carbonyl (C=O) groups excluding carboxylic acids is 1. The van der Waals surface area contributed by atoms with Crippen molar-refractivity contribution in [3.05, 3.63) is 76.0 Å². The van der Waals surface area contributed by atoms with E-state index < -0.39 is 4.92 Å². The molecule has 0 aliphatic carbocycles. The van der Waals surface area contributed by atoms with Crippen LogP contribution in [0.15, 0.2) is 58.6 Å². The quantitative estimate of drug-likeness (QED) is 0.272. The van der Waals surface area contributed by atoms with Gasteiger partial charge in [-0.15, -0.1) is 0 Å². The van der Waals surface area contributed by atoms with Crippen molar-refractivity contribution in [3.8, 4) is 0 Å². The summed E-state index contributed by atoms with van der Waals surface area (Å²) in [4.78, 5) is 32.5. The number of aryl methyl sites for hydroxylation is 1. The summed E-state index contributed by atoms with van der Waals surface area (Å²) < 4.78 is 6.83. The summed E-state index contributed by atoms with van der Waals surface area (Å²) in [7, 11) is 1.37. The van der Waals surface area contributed by atoms with Crippen molar-refractivity contribution in [3.63, 3.8) is 0 Å². The predicted molar refractivity (Wildman–Crippen MR) is 117 cm³/mol. The Bertz CT molecular complexity index is 1070. The van der Waals surface area contributed by atoms with Crippen LogP contribution in [0.3, 0.4) is 0 Å². The van der Waals surface area contributed by atoms with Gasteiger partial charge in [-0.3, -0.25) is 19.9 Å². The third-order valence-electron chi connectivity index (χ3n) is 4.64. The highest BCUT2D eigenvalue weighted by Gasteiger charge is 2.22. The molecule has 0 saturated heterocycles. The van der Waals surface area contributed by atoms with Crippen LogP contribution in [-0.2, 0) is 22.5 Å². The van der Waals surface area contributed by atoms with Crippen molar-refractivity contribution in [2.75, 3.05) is 7.11 Å². The second-order valence-corrected chi connectivity index (χ2v) is 8.28. The molecule has 0 bridgehead atoms. The molecule has 3 rings (SSSR count). The zero-order chi connectivity index (χ0) is 22.4. The van der Waals surface area contributed by atoms with Crippen molar-refractivity contribution in [2.24, 2.45) is 0 Å². The molecular formula is C22H24N4O4S. The summed E-state index contributed by atoms with van der Waals surface area (Å²) in [5.41, 5.74) is 1.78. The molecule has 0 radical (unpaired) electrons. The lowest BCUT2D eigenvalue weighted by Crippen LogP contribution is -2.10. The number of nitro benzene ring substituents is 1. The van der Waals surface area contributed by atoms with Gasteiger partial charge in [0, 0.05) is 29.6 Å². The minimum atomic E-state index is -0.402. The van der Waals surface area contributed by atoms with E-state index in [4.69, 9.17) is 9.72 Å². The number of non-ortho nitro benzene ring substituents is 1. The number of carbonyl (C=O) groups is 1. The fourth-order valence-corrected chi connectivity index (χ4v) is 4.30. The molecule has 1 aromatic carbocycles. The van der Waals surface area contributed by atoms with Crippen LogP contribution in [-0.4, -0.2) is 32.5 Å². The van der Waals surface area contributed by atoms with E-state index in [9.17, 15) is 14.9 Å². The molecule has 0 atom stereocenters. The van der Waals surface area contributed by atoms with Crippen LogP contribution < -0.4 is 0 Å². The van der Waals surface area contributed by atoms with Crippen molar-refractivity contribution in [1.29, 1.82) is 0 Å². The summed E-state index contributed by atoms with van der Waals surface area (Å²) in [5.74, 6) is 0.585. The highest BCUT2D eigenvalue weighted by atomic mass is 32.2. The third kappa shape index (κ3) is 5.69. The number of nitro groups is 1. The molecule has 0 spiro atoms. The standard InChI is InChI=1S/C22H24N4O4S/c1-15(2)21-22(31-18-9-6-8-17(13-18)26(28)29)25(14-16-7-4-5-12-23-16)19(24-21)10-11-20(27)30-3/h4-9,12-13,15H,10-11,14H2,1-3H3. The number of benzene rings is 1. The molecule has 31 heavy (non-hydrogen) atoms. The second kappa shape index (κ2) is 10.2. The molecule has 8 nitrogen and oxygen atoms in total. The fourth-order valence-electron chi connectivity index (χ4n) is 3.08. The maximum atomic E-state index is 11.7. The smallest absolute Gasteiger partial charge is 0.305 e. The zero-order valence-electron chi connectivity index (χ0n) is 17.6. The third-order valence-corrected chi connectivity index (χ3v) is 5.75. The van der Waals surface area contributed by atoms with Crippen molar-refractivity contribution >= 4 is 23.4 Å². The molecule has 0 N–H and O–H groups in total. The van der Waals surface area contributed by atoms with E-state index in [0.717, 1.165) is 27.1 Å². The number of rotatable bonds is 9. The van der Waals surface area contributed by atoms with Crippen molar-refractivity contribution in [2.45, 2.75) is 49.1 Å². The normalized spacial score (nSPS) is 11.0. The van der Waals surface area contributed by atoms with E-state index in [1.54, 1.807) is 18.3 Å². The SMILES string of the molecule is COC(=O)CCc1nc(C(C)C)c(Sc2cccc([N+](=O)[O-])c2)n1Cc1ccccn1. The van der Waals surface area contributed by atoms with E-state index in [2.05, 4.69) is 18.8 Å². The van der Waals surface area contributed by atoms with Gasteiger partial charge in [-0.2, -0.15) is 0 Å². The van der Waals surface area contributed by atoms with Gasteiger partial charge >= 0.3 is 5.97 Å². The van der Waals surface area contributed by atoms with Crippen LogP contribution >= 0.6 is 11.8 Å². The largest absolute Gasteiger partial charge is 0.469 e. The molecule has 0 saturated carbocycles. The first-order chi connectivity index (χ1) is 14.9. The molecule has 162 valence electrons. The molecule has 0 aliphatic heterocycles. The van der Waals surface area contributed by atoms with Gasteiger partial charge in [-0.1, -0.05) is 37.7 Å². The Morgan fingerprint density at radius 2 is 2.06 bits per heavy atom. The van der Waals surface area contributed by atoms with E-state index in [0.29, 0.717) is 13.0 Å². The Morgan fingerprint density at radius 1 is 1.26 bits per heavy atom. The lowest BCUT2D eigenvalue weighted by Gasteiger charge is -2.13. The average molecular weight is 441 g/mol. The number of hydrogen-bond acceptors (Lipinski definition) is 7. The Kier molecular flexibility index (Phi) is 7.41. The number of ether oxygens (including phenoxy) is 1. The number of pyridine rings is 1. The Morgan fingerprint density at radius 3 is 2.71 bits per heavy atom. The number of nitrogens with zero attached hydrogens (tertiary/aromatic N) is 4. The average Bonchev–Trinajstić information content (AvgIpc) is 3.10. The van der Waals surface area contributed by atoms with Gasteiger partial charge in [0.1, 0.15) is 10.9 Å². The van der Waals surface area contributed by atoms with Gasteiger partial charge in [0.2, 0.25) is 0 Å². The van der Waals surface area contributed by atoms with Crippen LogP contribution in [0.5, 0.6) is 0 Å². The Hall–Kier alpha value is -3.20. The van der Waals surface area contributed by atoms with Crippen LogP contribution in [0.1, 0.15) is 43.4 Å². The Labute approximate surface area is 184 Å². The van der Waals surface area contributed by atoms with Crippen LogP contribution in [0.4, 0.5) is 5.69 Å². The molecule has 0 unspecified atom stereocenters. The van der Waals surface area contributed by atoms with Crippen molar-refractivity contribution < 1.29 is 14.5 Å². The number of aromatic nitrogens is 3. The lowest BCUT2D eigenvalue weighted by atomic mass is 10.1. The molecule has 0 aliphatic rings. The van der Waals surface area contributed by atoms with Gasteiger partial charge in [0.05, 0.1) is 36.4 Å². The number of imidazole rings is 1. The van der Waals surface area contributed by atoms with Gasteiger partial charge in [0.25, 0.3) is 5.69 Å². The maximum Gasteiger partial charge on any atom is 0.305 e. The minimum Gasteiger partial charge on any atom is -0.469 e. The highest BCUT2D eigenvalue weighted by Crippen LogP contribution is 2.36. The van der Waals surface area contributed by atoms with E-state index >= 15 is 0 Å². The van der Waals surface area contributed by atoms with Gasteiger partial charge in [-0.25, -0.2) is 4.98 Å². The predicted octanol–water partition coefficient (Wildman–Crippen LogP) is 4.61. The number of methoxy groups -OCH3 is 1. The van der Waals surface area contributed by atoms with Gasteiger partial charge < -0.3 is 9.30 Å². The number of esters is 1. The maximum absolute atomic E-state index is 11.7. The summed E-state index contributed by atoms with van der Waals surface area (Å²) in [6.07, 6.45) is 2.38. The molecule has 2 heterocycles. The first-order valence-corrected chi connectivity index (χ1v) is 10.7. The molecule has 9 heteroatoms. The topological polar surface area (TPSA) is 100 Å². The summed E-state index contributed by atoms with van der Waals surface area (Å²) >= 11 is 1.43. The molecule has 0 fully saturated rings. The summed E-state index contributed by atoms with van der Waals surface area (Å²) in [6.45, 7) is 4.58. The monoisotopic (exact) mass is 440 g/mol. The summed E-state index contributed by atoms with van der Waals surface area (Å²) in [5, 5.41) is 12.1. The second-order valence-electron chi connectivity index (χ2n) is 7.21. The molecule has 2 aromatic heterocycles.